The zero-order valence-corrected chi connectivity index (χ0v) is 44.3. The zero-order chi connectivity index (χ0) is 50.0. The molecule has 0 amide bonds. The second kappa shape index (κ2) is 56.1. The molecule has 0 saturated heterocycles. The smallest absolute Gasteiger partial charge is 0.306 e. The van der Waals surface area contributed by atoms with E-state index in [1.165, 1.54) is 77.0 Å². The molecule has 0 aromatic heterocycles. The van der Waals surface area contributed by atoms with Crippen LogP contribution in [0.3, 0.4) is 0 Å². The third-order valence-corrected chi connectivity index (χ3v) is 11.1. The zero-order valence-electron chi connectivity index (χ0n) is 44.3. The van der Waals surface area contributed by atoms with Gasteiger partial charge in [-0.25, -0.2) is 0 Å². The maximum atomic E-state index is 12.8. The number of ether oxygens (including phenoxy) is 3. The third kappa shape index (κ3) is 54.4. The number of hydrogen-bond acceptors (Lipinski definition) is 6. The number of carbonyl (C=O) groups excluding carboxylic acids is 3. The first-order chi connectivity index (χ1) is 34.0. The molecular formula is C63H100O6. The minimum atomic E-state index is -0.839. The minimum absolute atomic E-state index is 0.138. The van der Waals surface area contributed by atoms with E-state index in [9.17, 15) is 14.4 Å². The number of esters is 3. The van der Waals surface area contributed by atoms with Crippen molar-refractivity contribution in [3.05, 3.63) is 134 Å². The van der Waals surface area contributed by atoms with Gasteiger partial charge in [0, 0.05) is 19.3 Å². The van der Waals surface area contributed by atoms with E-state index in [2.05, 4.69) is 136 Å². The summed E-state index contributed by atoms with van der Waals surface area (Å²) >= 11 is 0. The van der Waals surface area contributed by atoms with Crippen molar-refractivity contribution in [1.82, 2.24) is 0 Å². The normalized spacial score (nSPS) is 13.1. The van der Waals surface area contributed by atoms with Crippen molar-refractivity contribution in [2.45, 2.75) is 232 Å². The highest BCUT2D eigenvalue weighted by molar-refractivity contribution is 5.71. The topological polar surface area (TPSA) is 78.9 Å². The molecule has 69 heavy (non-hydrogen) atoms. The molecule has 0 bridgehead atoms. The second-order valence-corrected chi connectivity index (χ2v) is 17.7. The van der Waals surface area contributed by atoms with Gasteiger partial charge in [-0.1, -0.05) is 231 Å². The molecule has 0 spiro atoms. The molecule has 388 valence electrons. The molecule has 1 atom stereocenters. The predicted molar refractivity (Wildman–Crippen MR) is 297 cm³/mol. The van der Waals surface area contributed by atoms with Gasteiger partial charge in [-0.2, -0.15) is 0 Å². The Morgan fingerprint density at radius 1 is 0.304 bits per heavy atom. The van der Waals surface area contributed by atoms with Crippen molar-refractivity contribution in [3.63, 3.8) is 0 Å². The molecule has 0 aliphatic rings. The molecule has 6 heteroatoms. The van der Waals surface area contributed by atoms with E-state index in [4.69, 9.17) is 14.2 Å². The van der Waals surface area contributed by atoms with Crippen molar-refractivity contribution < 1.29 is 28.6 Å². The van der Waals surface area contributed by atoms with Crippen LogP contribution in [0.1, 0.15) is 226 Å². The summed E-state index contributed by atoms with van der Waals surface area (Å²) in [5.74, 6) is -1.10. The van der Waals surface area contributed by atoms with Crippen LogP contribution in [0.5, 0.6) is 0 Å². The Bertz CT molecular complexity index is 1510. The van der Waals surface area contributed by atoms with Crippen LogP contribution >= 0.6 is 0 Å². The SMILES string of the molecule is CC/C=C/C/C=C/C/C=C/C/C=C/C/C=C/C/C=C/CCC(=O)OCC(COC(=O)CC/C=C/C/C=C/CCCCCCCC)OC(=O)CCCCCCCCCCC/C=C/C/C=C/C/C=C/CC. The Kier molecular flexibility index (Phi) is 52.5. The lowest BCUT2D eigenvalue weighted by molar-refractivity contribution is -0.166. The lowest BCUT2D eigenvalue weighted by Crippen LogP contribution is -2.30. The molecule has 1 unspecified atom stereocenters. The maximum absolute atomic E-state index is 12.8. The highest BCUT2D eigenvalue weighted by atomic mass is 16.6. The van der Waals surface area contributed by atoms with Gasteiger partial charge in [0.2, 0.25) is 0 Å². The molecule has 0 aliphatic carbocycles. The summed E-state index contributed by atoms with van der Waals surface area (Å²) in [6, 6.07) is 0. The van der Waals surface area contributed by atoms with Crippen LogP contribution in [-0.4, -0.2) is 37.2 Å². The van der Waals surface area contributed by atoms with E-state index in [0.717, 1.165) is 96.3 Å². The lowest BCUT2D eigenvalue weighted by Gasteiger charge is -2.18. The van der Waals surface area contributed by atoms with E-state index in [-0.39, 0.29) is 44.0 Å². The van der Waals surface area contributed by atoms with E-state index in [1.807, 2.05) is 18.2 Å². The molecule has 0 rings (SSSR count). The second-order valence-electron chi connectivity index (χ2n) is 17.7. The largest absolute Gasteiger partial charge is 0.462 e. The molecule has 0 aromatic rings. The summed E-state index contributed by atoms with van der Waals surface area (Å²) < 4.78 is 16.7. The van der Waals surface area contributed by atoms with E-state index in [0.29, 0.717) is 19.3 Å². The monoisotopic (exact) mass is 953 g/mol. The van der Waals surface area contributed by atoms with Crippen LogP contribution in [-0.2, 0) is 28.6 Å². The molecular weight excluding hydrogens is 853 g/mol. The number of carbonyl (C=O) groups is 3. The molecule has 0 fully saturated rings. The first-order valence-electron chi connectivity index (χ1n) is 27.7. The first kappa shape index (κ1) is 64.5. The van der Waals surface area contributed by atoms with Crippen LogP contribution in [0.15, 0.2) is 134 Å². The lowest BCUT2D eigenvalue weighted by atomic mass is 10.1. The molecule has 0 N–H and O–H groups in total. The van der Waals surface area contributed by atoms with Gasteiger partial charge >= 0.3 is 17.9 Å². The van der Waals surface area contributed by atoms with Crippen molar-refractivity contribution in [3.8, 4) is 0 Å². The molecule has 0 aromatic carbocycles. The Hall–Kier alpha value is -4.45. The van der Waals surface area contributed by atoms with Crippen LogP contribution < -0.4 is 0 Å². The Labute approximate surface area is 424 Å². The fourth-order valence-electron chi connectivity index (χ4n) is 7.06. The highest BCUT2D eigenvalue weighted by Gasteiger charge is 2.19. The number of hydrogen-bond donors (Lipinski definition) is 0. The van der Waals surface area contributed by atoms with Gasteiger partial charge in [0.05, 0.1) is 0 Å². The number of unbranched alkanes of at least 4 members (excludes halogenated alkanes) is 15. The van der Waals surface area contributed by atoms with Gasteiger partial charge in [-0.15, -0.1) is 0 Å². The molecule has 0 radical (unpaired) electrons. The fraction of sp³-hybridized carbons (Fsp3) is 0.603. The van der Waals surface area contributed by atoms with Gasteiger partial charge < -0.3 is 14.2 Å². The Morgan fingerprint density at radius 2 is 0.594 bits per heavy atom. The number of allylic oxidation sites excluding steroid dienone is 22. The van der Waals surface area contributed by atoms with Gasteiger partial charge in [-0.3, -0.25) is 14.4 Å². The van der Waals surface area contributed by atoms with Crippen molar-refractivity contribution >= 4 is 17.9 Å². The molecule has 0 heterocycles. The highest BCUT2D eigenvalue weighted by Crippen LogP contribution is 2.13. The van der Waals surface area contributed by atoms with Crippen molar-refractivity contribution in [2.75, 3.05) is 13.2 Å². The predicted octanol–water partition coefficient (Wildman–Crippen LogP) is 18.6. The fourth-order valence-corrected chi connectivity index (χ4v) is 7.06. The summed E-state index contributed by atoms with van der Waals surface area (Å²) in [4.78, 5) is 38.0. The first-order valence-corrected chi connectivity index (χ1v) is 27.7. The van der Waals surface area contributed by atoms with Crippen molar-refractivity contribution in [2.24, 2.45) is 0 Å². The number of rotatable bonds is 48. The summed E-state index contributed by atoms with van der Waals surface area (Å²) in [7, 11) is 0. The van der Waals surface area contributed by atoms with Crippen LogP contribution in [0.4, 0.5) is 0 Å². The maximum Gasteiger partial charge on any atom is 0.306 e. The van der Waals surface area contributed by atoms with Crippen molar-refractivity contribution in [1.29, 1.82) is 0 Å². The van der Waals surface area contributed by atoms with E-state index < -0.39 is 6.10 Å². The van der Waals surface area contributed by atoms with Gasteiger partial charge in [0.1, 0.15) is 13.2 Å². The van der Waals surface area contributed by atoms with Crippen LogP contribution in [0.2, 0.25) is 0 Å². The summed E-state index contributed by atoms with van der Waals surface area (Å²) in [6.07, 6.45) is 78.9. The van der Waals surface area contributed by atoms with Crippen LogP contribution in [0.25, 0.3) is 0 Å². The Balaban J connectivity index is 4.56. The van der Waals surface area contributed by atoms with Gasteiger partial charge in [-0.05, 0) is 109 Å². The van der Waals surface area contributed by atoms with Gasteiger partial charge in [0.15, 0.2) is 6.10 Å². The van der Waals surface area contributed by atoms with Crippen LogP contribution in [0, 0.1) is 0 Å². The molecule has 0 saturated carbocycles. The van der Waals surface area contributed by atoms with E-state index >= 15 is 0 Å². The Morgan fingerprint density at radius 3 is 0.942 bits per heavy atom. The quantitative estimate of drug-likeness (QED) is 0.0262. The summed E-state index contributed by atoms with van der Waals surface area (Å²) in [5.41, 5.74) is 0. The summed E-state index contributed by atoms with van der Waals surface area (Å²) in [6.45, 7) is 6.27. The standard InChI is InChI=1S/C63H100O6/c1-4-7-10-13-16-19-22-25-27-29-31-33-35-38-41-44-47-50-53-56-62(65)68-59-60(58-67-61(64)55-52-49-46-43-40-37-24-21-18-15-12-9-6-3)69-63(66)57-54-51-48-45-42-39-36-34-32-30-28-26-23-20-17-14-11-8-5-2/h7-8,10-11,16-17,19-20,25-28,31,33,37-38,40-41,46-47,49-50,60H,4-6,9,12-15,18,21-24,29-30,32,34-36,39,42-45,48,51-59H2,1-3H3/b10-7+,11-8+,19-16+,20-17+,27-25+,28-26+,33-31+,40-37+,41-38+,49-46+,50-47+. The van der Waals surface area contributed by atoms with Gasteiger partial charge in [0.25, 0.3) is 0 Å². The molecule has 0 aliphatic heterocycles. The minimum Gasteiger partial charge on any atom is -0.462 e. The summed E-state index contributed by atoms with van der Waals surface area (Å²) in [5, 5.41) is 0. The third-order valence-electron chi connectivity index (χ3n) is 11.1. The average molecular weight is 953 g/mol. The average Bonchev–Trinajstić information content (AvgIpc) is 3.35. The van der Waals surface area contributed by atoms with E-state index in [1.54, 1.807) is 0 Å². The molecule has 6 nitrogen and oxygen atoms in total.